The zero-order valence-electron chi connectivity index (χ0n) is 12.1. The fourth-order valence-electron chi connectivity index (χ4n) is 1.84. The highest BCUT2D eigenvalue weighted by atomic mass is 32.2. The minimum Gasteiger partial charge on any atom is -0.319 e. The molecule has 0 atom stereocenters. The Labute approximate surface area is 129 Å². The number of aryl methyl sites for hydroxylation is 1. The maximum absolute atomic E-state index is 12.2. The molecule has 0 saturated heterocycles. The lowest BCUT2D eigenvalue weighted by atomic mass is 10.1. The van der Waals surface area contributed by atoms with E-state index >= 15 is 0 Å². The summed E-state index contributed by atoms with van der Waals surface area (Å²) in [4.78, 5) is 5.30. The van der Waals surface area contributed by atoms with Crippen LogP contribution in [0.5, 0.6) is 0 Å². The van der Waals surface area contributed by atoms with Crippen molar-refractivity contribution in [3.8, 4) is 0 Å². The van der Waals surface area contributed by atoms with Gasteiger partial charge in [-0.3, -0.25) is 0 Å². The molecule has 0 aliphatic carbocycles. The largest absolute Gasteiger partial charge is 0.319 e. The Balaban J connectivity index is 2.01. The molecule has 1 heterocycles. The molecule has 0 unspecified atom stereocenters. The molecule has 2 aromatic rings. The van der Waals surface area contributed by atoms with Crippen LogP contribution in [-0.4, -0.2) is 27.0 Å². The van der Waals surface area contributed by atoms with Gasteiger partial charge in [0.15, 0.2) is 0 Å². The number of hydrogen-bond donors (Lipinski definition) is 2. The predicted octanol–water partition coefficient (Wildman–Crippen LogP) is 1.69. The molecule has 2 N–H and O–H groups in total. The third kappa shape index (κ3) is 4.60. The molecule has 7 heteroatoms. The molecule has 2 rings (SSSR count). The number of aromatic nitrogens is 1. The number of rotatable bonds is 7. The second-order valence-corrected chi connectivity index (χ2v) is 7.75. The summed E-state index contributed by atoms with van der Waals surface area (Å²) in [5.74, 6) is 0. The van der Waals surface area contributed by atoms with Gasteiger partial charge in [-0.25, -0.2) is 18.1 Å². The Morgan fingerprint density at radius 1 is 1.24 bits per heavy atom. The molecule has 0 fully saturated rings. The van der Waals surface area contributed by atoms with E-state index in [-0.39, 0.29) is 11.4 Å². The van der Waals surface area contributed by atoms with Gasteiger partial charge in [-0.1, -0.05) is 12.1 Å². The topological polar surface area (TPSA) is 71.1 Å². The minimum atomic E-state index is -3.47. The zero-order chi connectivity index (χ0) is 15.3. The molecule has 5 nitrogen and oxygen atoms in total. The number of thiazole rings is 1. The monoisotopic (exact) mass is 325 g/mol. The molecule has 0 saturated carbocycles. The van der Waals surface area contributed by atoms with Crippen LogP contribution in [0.25, 0.3) is 0 Å². The summed E-state index contributed by atoms with van der Waals surface area (Å²) in [5.41, 5.74) is 1.11. The first-order valence-corrected chi connectivity index (χ1v) is 8.96. The van der Waals surface area contributed by atoms with Gasteiger partial charge in [-0.15, -0.1) is 11.3 Å². The second-order valence-electron chi connectivity index (χ2n) is 4.67. The van der Waals surface area contributed by atoms with E-state index in [1.165, 1.54) is 11.3 Å². The van der Waals surface area contributed by atoms with Crippen molar-refractivity contribution in [1.29, 1.82) is 0 Å². The number of likely N-dealkylation sites (N-methyl/N-ethyl adjacent to an activating group) is 1. The van der Waals surface area contributed by atoms with Crippen LogP contribution < -0.4 is 10.0 Å². The highest BCUT2D eigenvalue weighted by Crippen LogP contribution is 2.14. The number of benzene rings is 1. The van der Waals surface area contributed by atoms with Gasteiger partial charge in [-0.2, -0.15) is 0 Å². The maximum atomic E-state index is 12.2. The van der Waals surface area contributed by atoms with E-state index in [0.29, 0.717) is 0 Å². The van der Waals surface area contributed by atoms with Crippen molar-refractivity contribution < 1.29 is 8.42 Å². The lowest BCUT2D eigenvalue weighted by molar-refractivity contribution is 0.581. The summed E-state index contributed by atoms with van der Waals surface area (Å²) in [7, 11) is -1.58. The van der Waals surface area contributed by atoms with E-state index in [0.717, 1.165) is 28.4 Å². The molecule has 21 heavy (non-hydrogen) atoms. The summed E-state index contributed by atoms with van der Waals surface area (Å²) >= 11 is 1.49. The molecule has 1 aromatic heterocycles. The van der Waals surface area contributed by atoms with Crippen LogP contribution in [0, 0.1) is 6.92 Å². The molecule has 0 amide bonds. The Kier molecular flexibility index (Phi) is 5.46. The molecule has 1 aromatic carbocycles. The third-order valence-electron chi connectivity index (χ3n) is 3.00. The summed E-state index contributed by atoms with van der Waals surface area (Å²) in [6.07, 6.45) is 2.58. The lowest BCUT2D eigenvalue weighted by Crippen LogP contribution is -2.22. The average Bonchev–Trinajstić information content (AvgIpc) is 2.89. The van der Waals surface area contributed by atoms with E-state index in [1.807, 2.05) is 26.1 Å². The number of hydrogen-bond acceptors (Lipinski definition) is 5. The smallest absolute Gasteiger partial charge is 0.240 e. The quantitative estimate of drug-likeness (QED) is 0.813. The van der Waals surface area contributed by atoms with Crippen LogP contribution in [0.3, 0.4) is 0 Å². The van der Waals surface area contributed by atoms with Crippen LogP contribution >= 0.6 is 11.3 Å². The van der Waals surface area contributed by atoms with Gasteiger partial charge in [0.1, 0.15) is 0 Å². The van der Waals surface area contributed by atoms with Crippen LogP contribution in [0.15, 0.2) is 35.4 Å². The molecular weight excluding hydrogens is 306 g/mol. The molecule has 0 aliphatic heterocycles. The van der Waals surface area contributed by atoms with Crippen LogP contribution in [0.2, 0.25) is 0 Å². The first kappa shape index (κ1) is 16.1. The number of nitrogens with one attached hydrogen (secondary N) is 2. The van der Waals surface area contributed by atoms with Crippen LogP contribution in [0.1, 0.15) is 15.4 Å². The van der Waals surface area contributed by atoms with Crippen molar-refractivity contribution in [2.24, 2.45) is 0 Å². The van der Waals surface area contributed by atoms with Crippen molar-refractivity contribution in [2.45, 2.75) is 24.8 Å². The Hall–Kier alpha value is -1.28. The first-order chi connectivity index (χ1) is 10.0. The van der Waals surface area contributed by atoms with Crippen molar-refractivity contribution in [2.75, 3.05) is 13.6 Å². The Bertz CT molecular complexity index is 678. The van der Waals surface area contributed by atoms with Gasteiger partial charge in [0, 0.05) is 17.6 Å². The van der Waals surface area contributed by atoms with Crippen LogP contribution in [-0.2, 0) is 23.0 Å². The summed E-state index contributed by atoms with van der Waals surface area (Å²) in [6.45, 7) is 3.04. The standard InChI is InChI=1S/C14H19N3O2S2/c1-11-16-9-13(20-11)10-17-21(18,19)14-5-3-12(4-6-14)7-8-15-2/h3-6,9,15,17H,7-8,10H2,1-2H3. The first-order valence-electron chi connectivity index (χ1n) is 6.66. The van der Waals surface area contributed by atoms with E-state index in [4.69, 9.17) is 0 Å². The van der Waals surface area contributed by atoms with Gasteiger partial charge in [0.05, 0.1) is 9.90 Å². The molecule has 0 radical (unpaired) electrons. The number of nitrogens with zero attached hydrogens (tertiary/aromatic N) is 1. The highest BCUT2D eigenvalue weighted by molar-refractivity contribution is 7.89. The van der Waals surface area contributed by atoms with Crippen molar-refractivity contribution in [3.05, 3.63) is 45.9 Å². The van der Waals surface area contributed by atoms with Gasteiger partial charge >= 0.3 is 0 Å². The molecule has 0 aliphatic rings. The number of sulfonamides is 1. The SMILES string of the molecule is CNCCc1ccc(S(=O)(=O)NCc2cnc(C)s2)cc1. The normalized spacial score (nSPS) is 11.7. The Morgan fingerprint density at radius 3 is 2.52 bits per heavy atom. The van der Waals surface area contributed by atoms with Crippen molar-refractivity contribution in [1.82, 2.24) is 15.0 Å². The van der Waals surface area contributed by atoms with Crippen molar-refractivity contribution >= 4 is 21.4 Å². The van der Waals surface area contributed by atoms with E-state index in [1.54, 1.807) is 18.3 Å². The molecule has 114 valence electrons. The Morgan fingerprint density at radius 2 is 1.95 bits per heavy atom. The van der Waals surface area contributed by atoms with Crippen molar-refractivity contribution in [3.63, 3.8) is 0 Å². The maximum Gasteiger partial charge on any atom is 0.240 e. The molecule has 0 spiro atoms. The molecule has 0 bridgehead atoms. The zero-order valence-corrected chi connectivity index (χ0v) is 13.7. The molecular formula is C14H19N3O2S2. The average molecular weight is 325 g/mol. The van der Waals surface area contributed by atoms with E-state index < -0.39 is 10.0 Å². The van der Waals surface area contributed by atoms with Gasteiger partial charge in [0.25, 0.3) is 0 Å². The van der Waals surface area contributed by atoms with E-state index in [9.17, 15) is 8.42 Å². The predicted molar refractivity (Wildman–Crippen MR) is 84.9 cm³/mol. The minimum absolute atomic E-state index is 0.273. The van der Waals surface area contributed by atoms with Gasteiger partial charge in [0.2, 0.25) is 10.0 Å². The fourth-order valence-corrected chi connectivity index (χ4v) is 3.67. The fraction of sp³-hybridized carbons (Fsp3) is 0.357. The second kappa shape index (κ2) is 7.13. The van der Waals surface area contributed by atoms with E-state index in [2.05, 4.69) is 15.0 Å². The summed E-state index contributed by atoms with van der Waals surface area (Å²) in [5, 5.41) is 3.99. The van der Waals surface area contributed by atoms with Gasteiger partial charge in [-0.05, 0) is 44.6 Å². The van der Waals surface area contributed by atoms with Gasteiger partial charge < -0.3 is 5.32 Å². The summed E-state index contributed by atoms with van der Waals surface area (Å²) in [6, 6.07) is 6.99. The van der Waals surface area contributed by atoms with Crippen LogP contribution in [0.4, 0.5) is 0 Å². The summed E-state index contributed by atoms with van der Waals surface area (Å²) < 4.78 is 27.0. The highest BCUT2D eigenvalue weighted by Gasteiger charge is 2.14. The lowest BCUT2D eigenvalue weighted by Gasteiger charge is -2.07. The third-order valence-corrected chi connectivity index (χ3v) is 5.33.